The topological polar surface area (TPSA) is 89.3 Å². The average molecular weight is 312 g/mol. The molecule has 1 atom stereocenters. The van der Waals surface area contributed by atoms with E-state index in [0.717, 1.165) is 6.42 Å². The Bertz CT molecular complexity index is 570. The van der Waals surface area contributed by atoms with Crippen LogP contribution in [0.5, 0.6) is 0 Å². The van der Waals surface area contributed by atoms with Crippen LogP contribution in [0.15, 0.2) is 24.3 Å². The van der Waals surface area contributed by atoms with Crippen LogP contribution in [0.2, 0.25) is 0 Å². The summed E-state index contributed by atoms with van der Waals surface area (Å²) >= 11 is 0. The van der Waals surface area contributed by atoms with Crippen molar-refractivity contribution in [2.45, 2.75) is 33.1 Å². The van der Waals surface area contributed by atoms with Gasteiger partial charge in [-0.3, -0.25) is 4.79 Å². The zero-order chi connectivity index (χ0) is 15.9. The number of rotatable bonds is 8. The lowest BCUT2D eigenvalue weighted by atomic mass is 10.2. The number of nitrogens with one attached hydrogen (secondary N) is 1. The summed E-state index contributed by atoms with van der Waals surface area (Å²) in [7, 11) is -3.07. The number of nitrogens with two attached hydrogens (primary N) is 1. The standard InChI is InChI=1S/C15H24N2O3S/c1-3-12(2)11-21(19,20)10-6-9-15(18)17-14-8-5-4-7-13(14)16/h4-5,7-8,12H,3,6,9-11,16H2,1-2H3,(H,17,18). The van der Waals surface area contributed by atoms with Gasteiger partial charge in [-0.05, 0) is 24.5 Å². The lowest BCUT2D eigenvalue weighted by molar-refractivity contribution is -0.116. The first kappa shape index (κ1) is 17.5. The van der Waals surface area contributed by atoms with Crippen LogP contribution >= 0.6 is 0 Å². The molecule has 1 amide bonds. The van der Waals surface area contributed by atoms with Crippen LogP contribution in [0.4, 0.5) is 11.4 Å². The van der Waals surface area contributed by atoms with Crippen LogP contribution in [0.3, 0.4) is 0 Å². The first-order valence-electron chi connectivity index (χ1n) is 7.19. The minimum atomic E-state index is -3.07. The highest BCUT2D eigenvalue weighted by Gasteiger charge is 2.15. The smallest absolute Gasteiger partial charge is 0.224 e. The van der Waals surface area contributed by atoms with Crippen molar-refractivity contribution in [3.63, 3.8) is 0 Å². The first-order chi connectivity index (χ1) is 9.84. The minimum Gasteiger partial charge on any atom is -0.397 e. The Morgan fingerprint density at radius 2 is 2.00 bits per heavy atom. The SMILES string of the molecule is CCC(C)CS(=O)(=O)CCCC(=O)Nc1ccccc1N. The van der Waals surface area contributed by atoms with Gasteiger partial charge in [0.05, 0.1) is 22.9 Å². The second-order valence-corrected chi connectivity index (χ2v) is 7.60. The predicted molar refractivity (Wildman–Crippen MR) is 86.8 cm³/mol. The van der Waals surface area contributed by atoms with E-state index in [0.29, 0.717) is 17.8 Å². The van der Waals surface area contributed by atoms with E-state index >= 15 is 0 Å². The fourth-order valence-corrected chi connectivity index (χ4v) is 3.76. The number of carbonyl (C=O) groups is 1. The summed E-state index contributed by atoms with van der Waals surface area (Å²) in [6.07, 6.45) is 1.35. The summed E-state index contributed by atoms with van der Waals surface area (Å²) in [5.74, 6) is 0.186. The zero-order valence-electron chi connectivity index (χ0n) is 12.6. The number of amides is 1. The number of para-hydroxylation sites is 2. The highest BCUT2D eigenvalue weighted by Crippen LogP contribution is 2.17. The molecule has 1 aromatic carbocycles. The second-order valence-electron chi connectivity index (χ2n) is 5.37. The van der Waals surface area contributed by atoms with Gasteiger partial charge >= 0.3 is 0 Å². The zero-order valence-corrected chi connectivity index (χ0v) is 13.4. The Morgan fingerprint density at radius 3 is 2.62 bits per heavy atom. The van der Waals surface area contributed by atoms with Crippen molar-refractivity contribution in [1.82, 2.24) is 0 Å². The van der Waals surface area contributed by atoms with Gasteiger partial charge in [-0.2, -0.15) is 0 Å². The second kappa shape index (κ2) is 8.02. The van der Waals surface area contributed by atoms with Crippen molar-refractivity contribution >= 4 is 27.1 Å². The number of anilines is 2. The van der Waals surface area contributed by atoms with Gasteiger partial charge in [-0.1, -0.05) is 32.4 Å². The third-order valence-electron chi connectivity index (χ3n) is 3.33. The molecule has 0 radical (unpaired) electrons. The number of benzene rings is 1. The molecular weight excluding hydrogens is 288 g/mol. The van der Waals surface area contributed by atoms with Crippen molar-refractivity contribution in [2.24, 2.45) is 5.92 Å². The number of hydrogen-bond donors (Lipinski definition) is 2. The Hall–Kier alpha value is -1.56. The van der Waals surface area contributed by atoms with E-state index in [-0.39, 0.29) is 29.8 Å². The molecule has 0 spiro atoms. The van der Waals surface area contributed by atoms with E-state index in [1.165, 1.54) is 0 Å². The molecule has 1 rings (SSSR count). The van der Waals surface area contributed by atoms with Crippen LogP contribution in [-0.4, -0.2) is 25.8 Å². The lowest BCUT2D eigenvalue weighted by Crippen LogP contribution is -2.19. The maximum absolute atomic E-state index is 11.8. The third kappa shape index (κ3) is 6.62. The van der Waals surface area contributed by atoms with Crippen molar-refractivity contribution < 1.29 is 13.2 Å². The monoisotopic (exact) mass is 312 g/mol. The maximum atomic E-state index is 11.8. The molecule has 3 N–H and O–H groups in total. The predicted octanol–water partition coefficient (Wildman–Crippen LogP) is 2.45. The van der Waals surface area contributed by atoms with Crippen molar-refractivity contribution in [1.29, 1.82) is 0 Å². The molecular formula is C15H24N2O3S. The molecule has 0 heterocycles. The largest absolute Gasteiger partial charge is 0.397 e. The van der Waals surface area contributed by atoms with Gasteiger partial charge in [-0.15, -0.1) is 0 Å². The van der Waals surface area contributed by atoms with Gasteiger partial charge in [0.1, 0.15) is 0 Å². The van der Waals surface area contributed by atoms with Crippen LogP contribution in [0, 0.1) is 5.92 Å². The molecule has 21 heavy (non-hydrogen) atoms. The molecule has 0 saturated heterocycles. The molecule has 0 saturated carbocycles. The van der Waals surface area contributed by atoms with Crippen molar-refractivity contribution in [3.8, 4) is 0 Å². The Labute approximate surface area is 126 Å². The van der Waals surface area contributed by atoms with Crippen LogP contribution in [0.1, 0.15) is 33.1 Å². The van der Waals surface area contributed by atoms with Gasteiger partial charge in [0, 0.05) is 6.42 Å². The Kier molecular flexibility index (Phi) is 6.68. The molecule has 0 bridgehead atoms. The van der Waals surface area contributed by atoms with Crippen LogP contribution in [-0.2, 0) is 14.6 Å². The highest BCUT2D eigenvalue weighted by molar-refractivity contribution is 7.91. The van der Waals surface area contributed by atoms with E-state index in [2.05, 4.69) is 5.32 Å². The Balaban J connectivity index is 2.39. The quantitative estimate of drug-likeness (QED) is 0.722. The molecule has 6 heteroatoms. The number of carbonyl (C=O) groups excluding carboxylic acids is 1. The van der Waals surface area contributed by atoms with E-state index in [4.69, 9.17) is 5.73 Å². The summed E-state index contributed by atoms with van der Waals surface area (Å²) in [5, 5.41) is 2.69. The summed E-state index contributed by atoms with van der Waals surface area (Å²) in [4.78, 5) is 11.8. The molecule has 1 unspecified atom stereocenters. The molecule has 0 aliphatic heterocycles. The van der Waals surface area contributed by atoms with Crippen LogP contribution < -0.4 is 11.1 Å². The van der Waals surface area contributed by atoms with Gasteiger partial charge in [0.15, 0.2) is 9.84 Å². The molecule has 0 fully saturated rings. The number of nitrogen functional groups attached to an aromatic ring is 1. The number of sulfone groups is 1. The lowest BCUT2D eigenvalue weighted by Gasteiger charge is -2.10. The third-order valence-corrected chi connectivity index (χ3v) is 5.32. The van der Waals surface area contributed by atoms with Crippen LogP contribution in [0.25, 0.3) is 0 Å². The molecule has 0 aliphatic rings. The summed E-state index contributed by atoms with van der Waals surface area (Å²) in [6, 6.07) is 6.98. The molecule has 1 aromatic rings. The molecule has 0 aromatic heterocycles. The summed E-state index contributed by atoms with van der Waals surface area (Å²) < 4.78 is 23.7. The van der Waals surface area contributed by atoms with E-state index in [9.17, 15) is 13.2 Å². The maximum Gasteiger partial charge on any atom is 0.224 e. The molecule has 118 valence electrons. The van der Waals surface area contributed by atoms with E-state index in [1.54, 1.807) is 24.3 Å². The fraction of sp³-hybridized carbons (Fsp3) is 0.533. The number of hydrogen-bond acceptors (Lipinski definition) is 4. The molecule has 0 aliphatic carbocycles. The summed E-state index contributed by atoms with van der Waals surface area (Å²) in [5.41, 5.74) is 6.78. The normalized spacial score (nSPS) is 12.9. The van der Waals surface area contributed by atoms with Gasteiger partial charge in [0.25, 0.3) is 0 Å². The van der Waals surface area contributed by atoms with Crippen molar-refractivity contribution in [2.75, 3.05) is 22.6 Å². The van der Waals surface area contributed by atoms with E-state index in [1.807, 2.05) is 13.8 Å². The molecule has 5 nitrogen and oxygen atoms in total. The Morgan fingerprint density at radius 1 is 1.33 bits per heavy atom. The van der Waals surface area contributed by atoms with Crippen molar-refractivity contribution in [3.05, 3.63) is 24.3 Å². The first-order valence-corrected chi connectivity index (χ1v) is 9.01. The summed E-state index contributed by atoms with van der Waals surface area (Å²) in [6.45, 7) is 3.89. The minimum absolute atomic E-state index is 0.0506. The van der Waals surface area contributed by atoms with E-state index < -0.39 is 9.84 Å². The van der Waals surface area contributed by atoms with Gasteiger partial charge in [-0.25, -0.2) is 8.42 Å². The highest BCUT2D eigenvalue weighted by atomic mass is 32.2. The van der Waals surface area contributed by atoms with Gasteiger partial charge in [0.2, 0.25) is 5.91 Å². The average Bonchev–Trinajstić information content (AvgIpc) is 2.40. The van der Waals surface area contributed by atoms with Gasteiger partial charge < -0.3 is 11.1 Å². The fourth-order valence-electron chi connectivity index (χ4n) is 1.91.